The number of nitrogens with two attached hydrogens (primary N) is 1. The number of nitrogens with zero attached hydrogens (tertiary/aromatic N) is 1. The van der Waals surface area contributed by atoms with Gasteiger partial charge in [0, 0.05) is 6.20 Å². The van der Waals surface area contributed by atoms with Crippen LogP contribution in [0.1, 0.15) is 33.3 Å². The molecule has 0 aromatic carbocycles. The SMILES string of the molecule is COc1ncc(/C=C/B2OC(C)(C)C(C)(C)O2)cc1N. The third kappa shape index (κ3) is 2.81. The number of aromatic nitrogens is 1. The summed E-state index contributed by atoms with van der Waals surface area (Å²) in [6.07, 6.45) is 3.57. The number of hydrogen-bond acceptors (Lipinski definition) is 5. The summed E-state index contributed by atoms with van der Waals surface area (Å²) in [6, 6.07) is 1.80. The van der Waals surface area contributed by atoms with Crippen LogP contribution >= 0.6 is 0 Å². The second-order valence-corrected chi connectivity index (χ2v) is 5.85. The molecule has 0 aliphatic carbocycles. The summed E-state index contributed by atoms with van der Waals surface area (Å²) < 4.78 is 16.8. The fourth-order valence-electron chi connectivity index (χ4n) is 1.90. The number of methoxy groups -OCH3 is 1. The van der Waals surface area contributed by atoms with E-state index < -0.39 is 0 Å². The van der Waals surface area contributed by atoms with Gasteiger partial charge >= 0.3 is 7.12 Å². The van der Waals surface area contributed by atoms with Crippen molar-refractivity contribution < 1.29 is 14.0 Å². The zero-order valence-corrected chi connectivity index (χ0v) is 12.6. The fourth-order valence-corrected chi connectivity index (χ4v) is 1.90. The molecular formula is C14H21BN2O3. The van der Waals surface area contributed by atoms with E-state index in [-0.39, 0.29) is 18.3 Å². The van der Waals surface area contributed by atoms with Crippen molar-refractivity contribution in [3.63, 3.8) is 0 Å². The second kappa shape index (κ2) is 5.11. The lowest BCUT2D eigenvalue weighted by Gasteiger charge is -2.32. The lowest BCUT2D eigenvalue weighted by atomic mass is 9.89. The zero-order chi connectivity index (χ0) is 15.0. The molecular weight excluding hydrogens is 255 g/mol. The zero-order valence-electron chi connectivity index (χ0n) is 12.6. The van der Waals surface area contributed by atoms with Crippen molar-refractivity contribution in [1.82, 2.24) is 4.98 Å². The van der Waals surface area contributed by atoms with Gasteiger partial charge in [0.15, 0.2) is 0 Å². The lowest BCUT2D eigenvalue weighted by Crippen LogP contribution is -2.41. The normalized spacial score (nSPS) is 20.6. The summed E-state index contributed by atoms with van der Waals surface area (Å²) in [6.45, 7) is 8.09. The Morgan fingerprint density at radius 1 is 1.25 bits per heavy atom. The number of hydrogen-bond donors (Lipinski definition) is 1. The van der Waals surface area contributed by atoms with Crippen molar-refractivity contribution in [3.05, 3.63) is 23.8 Å². The number of anilines is 1. The van der Waals surface area contributed by atoms with Gasteiger partial charge in [-0.3, -0.25) is 0 Å². The van der Waals surface area contributed by atoms with Crippen LogP contribution in [-0.4, -0.2) is 30.4 Å². The minimum atomic E-state index is -0.372. The number of ether oxygens (including phenoxy) is 1. The summed E-state index contributed by atoms with van der Waals surface area (Å²) >= 11 is 0. The van der Waals surface area contributed by atoms with E-state index in [1.807, 2.05) is 39.7 Å². The Bertz CT molecular complexity index is 513. The molecule has 0 amide bonds. The van der Waals surface area contributed by atoms with E-state index in [0.29, 0.717) is 11.6 Å². The quantitative estimate of drug-likeness (QED) is 0.858. The predicted octanol–water partition coefficient (Wildman–Crippen LogP) is 2.32. The molecule has 2 N–H and O–H groups in total. The summed E-state index contributed by atoms with van der Waals surface area (Å²) in [7, 11) is 1.17. The summed E-state index contributed by atoms with van der Waals surface area (Å²) in [5, 5.41) is 0. The molecule has 1 aromatic rings. The van der Waals surface area contributed by atoms with Gasteiger partial charge in [0.05, 0.1) is 24.0 Å². The topological polar surface area (TPSA) is 66.6 Å². The molecule has 1 aromatic heterocycles. The molecule has 20 heavy (non-hydrogen) atoms. The van der Waals surface area contributed by atoms with Crippen LogP contribution in [0.4, 0.5) is 5.69 Å². The maximum Gasteiger partial charge on any atom is 0.487 e. The van der Waals surface area contributed by atoms with Crippen molar-refractivity contribution >= 4 is 18.9 Å². The Hall–Kier alpha value is -1.53. The second-order valence-electron chi connectivity index (χ2n) is 5.85. The highest BCUT2D eigenvalue weighted by Crippen LogP contribution is 2.37. The van der Waals surface area contributed by atoms with Crippen LogP contribution < -0.4 is 10.5 Å². The van der Waals surface area contributed by atoms with Crippen LogP contribution in [0, 0.1) is 0 Å². The number of pyridine rings is 1. The van der Waals surface area contributed by atoms with Gasteiger partial charge in [-0.2, -0.15) is 0 Å². The Morgan fingerprint density at radius 2 is 1.85 bits per heavy atom. The van der Waals surface area contributed by atoms with Crippen LogP contribution in [0.3, 0.4) is 0 Å². The first-order chi connectivity index (χ1) is 9.25. The minimum Gasteiger partial charge on any atom is -0.480 e. The first-order valence-corrected chi connectivity index (χ1v) is 6.58. The van der Waals surface area contributed by atoms with Crippen LogP contribution in [-0.2, 0) is 9.31 Å². The molecule has 6 heteroatoms. The van der Waals surface area contributed by atoms with Gasteiger partial charge in [0.1, 0.15) is 0 Å². The van der Waals surface area contributed by atoms with Gasteiger partial charge in [-0.1, -0.05) is 12.1 Å². The molecule has 0 unspecified atom stereocenters. The fraction of sp³-hybridized carbons (Fsp3) is 0.500. The van der Waals surface area contributed by atoms with Crippen molar-refractivity contribution in [2.75, 3.05) is 12.8 Å². The van der Waals surface area contributed by atoms with E-state index in [2.05, 4.69) is 4.98 Å². The molecule has 0 radical (unpaired) electrons. The first-order valence-electron chi connectivity index (χ1n) is 6.58. The molecule has 2 rings (SSSR count). The van der Waals surface area contributed by atoms with E-state index in [1.165, 1.54) is 0 Å². The molecule has 1 aliphatic rings. The molecule has 5 nitrogen and oxygen atoms in total. The minimum absolute atomic E-state index is 0.334. The average Bonchev–Trinajstić information content (AvgIpc) is 2.55. The van der Waals surface area contributed by atoms with Crippen molar-refractivity contribution in [3.8, 4) is 5.88 Å². The predicted molar refractivity (Wildman–Crippen MR) is 80.3 cm³/mol. The third-order valence-corrected chi connectivity index (χ3v) is 3.81. The number of nitrogen functional groups attached to an aromatic ring is 1. The highest BCUT2D eigenvalue weighted by Gasteiger charge is 2.49. The summed E-state index contributed by atoms with van der Waals surface area (Å²) in [4.78, 5) is 4.12. The van der Waals surface area contributed by atoms with E-state index in [4.69, 9.17) is 19.8 Å². The first kappa shape index (κ1) is 14.9. The number of rotatable bonds is 3. The Kier molecular flexibility index (Phi) is 3.80. The smallest absolute Gasteiger partial charge is 0.480 e. The van der Waals surface area contributed by atoms with Gasteiger partial charge < -0.3 is 19.8 Å². The molecule has 0 spiro atoms. The van der Waals surface area contributed by atoms with Crippen LogP contribution in [0.15, 0.2) is 18.2 Å². The van der Waals surface area contributed by atoms with Crippen LogP contribution in [0.5, 0.6) is 5.88 Å². The summed E-state index contributed by atoms with van der Waals surface area (Å²) in [5.41, 5.74) is 6.53. The lowest BCUT2D eigenvalue weighted by molar-refractivity contribution is 0.00578. The molecule has 1 saturated heterocycles. The van der Waals surface area contributed by atoms with Crippen LogP contribution in [0.2, 0.25) is 0 Å². The van der Waals surface area contributed by atoms with Crippen molar-refractivity contribution in [2.45, 2.75) is 38.9 Å². The molecule has 1 fully saturated rings. The van der Waals surface area contributed by atoms with Gasteiger partial charge in [-0.05, 0) is 39.3 Å². The van der Waals surface area contributed by atoms with Gasteiger partial charge in [0.2, 0.25) is 5.88 Å². The molecule has 0 saturated carbocycles. The molecule has 108 valence electrons. The highest BCUT2D eigenvalue weighted by atomic mass is 16.7. The van der Waals surface area contributed by atoms with Crippen LogP contribution in [0.25, 0.3) is 6.08 Å². The van der Waals surface area contributed by atoms with Gasteiger partial charge in [0.25, 0.3) is 0 Å². The molecule has 0 bridgehead atoms. The maximum absolute atomic E-state index is 5.88. The Balaban J connectivity index is 2.10. The summed E-state index contributed by atoms with van der Waals surface area (Å²) in [5.74, 6) is 2.29. The van der Waals surface area contributed by atoms with Gasteiger partial charge in [-0.25, -0.2) is 4.98 Å². The molecule has 0 atom stereocenters. The van der Waals surface area contributed by atoms with Gasteiger partial charge in [-0.15, -0.1) is 0 Å². The molecule has 2 heterocycles. The Morgan fingerprint density at radius 3 is 2.35 bits per heavy atom. The van der Waals surface area contributed by atoms with E-state index in [9.17, 15) is 0 Å². The van der Waals surface area contributed by atoms with Crippen molar-refractivity contribution in [1.29, 1.82) is 0 Å². The van der Waals surface area contributed by atoms with Crippen molar-refractivity contribution in [2.24, 2.45) is 0 Å². The highest BCUT2D eigenvalue weighted by molar-refractivity contribution is 6.52. The van der Waals surface area contributed by atoms with E-state index >= 15 is 0 Å². The average molecular weight is 276 g/mol. The van der Waals surface area contributed by atoms with E-state index in [1.54, 1.807) is 19.4 Å². The maximum atomic E-state index is 5.88. The Labute approximate surface area is 120 Å². The molecule has 1 aliphatic heterocycles. The third-order valence-electron chi connectivity index (χ3n) is 3.81. The van der Waals surface area contributed by atoms with E-state index in [0.717, 1.165) is 5.56 Å². The largest absolute Gasteiger partial charge is 0.487 e. The standard InChI is InChI=1S/C14H21BN2O3/c1-13(2)14(3,4)20-15(19-13)7-6-10-8-11(16)12(18-5)17-9-10/h6-9H,16H2,1-5H3/b7-6+. The monoisotopic (exact) mass is 276 g/mol.